The molecule has 0 spiro atoms. The monoisotopic (exact) mass is 456 g/mol. The first kappa shape index (κ1) is 22.5. The van der Waals surface area contributed by atoms with Crippen molar-refractivity contribution in [3.8, 4) is 16.9 Å². The molecule has 0 radical (unpaired) electrons. The van der Waals surface area contributed by atoms with E-state index in [-0.39, 0.29) is 0 Å². The number of nitrogens with zero attached hydrogens (tertiary/aromatic N) is 6. The lowest BCUT2D eigenvalue weighted by molar-refractivity contribution is 0.331. The molecule has 5 rings (SSSR count). The number of aliphatic imine (C=N–C) groups is 1. The van der Waals surface area contributed by atoms with Crippen LogP contribution in [-0.4, -0.2) is 52.8 Å². The van der Waals surface area contributed by atoms with Gasteiger partial charge in [-0.15, -0.1) is 0 Å². The van der Waals surface area contributed by atoms with Gasteiger partial charge in [-0.05, 0) is 58.1 Å². The number of rotatable bonds is 5. The van der Waals surface area contributed by atoms with Crippen molar-refractivity contribution in [3.63, 3.8) is 0 Å². The number of benzene rings is 1. The zero-order chi connectivity index (χ0) is 23.8. The number of hydrogen-bond donors (Lipinski definition) is 0. The Morgan fingerprint density at radius 3 is 2.74 bits per heavy atom. The lowest BCUT2D eigenvalue weighted by Crippen LogP contribution is -2.29. The molecule has 4 heterocycles. The van der Waals surface area contributed by atoms with Crippen LogP contribution in [-0.2, 0) is 25.9 Å². The van der Waals surface area contributed by atoms with E-state index in [1.54, 1.807) is 0 Å². The molecule has 0 saturated heterocycles. The molecule has 0 bridgehead atoms. The molecule has 2 aromatic heterocycles. The second-order valence-electron chi connectivity index (χ2n) is 9.42. The molecule has 3 aromatic rings. The smallest absolute Gasteiger partial charge is 0.144 e. The summed E-state index contributed by atoms with van der Waals surface area (Å²) in [7, 11) is 4.09. The van der Waals surface area contributed by atoms with E-state index < -0.39 is 0 Å². The first-order chi connectivity index (χ1) is 16.4. The van der Waals surface area contributed by atoms with Crippen LogP contribution >= 0.6 is 0 Å². The van der Waals surface area contributed by atoms with Crippen molar-refractivity contribution in [2.75, 3.05) is 32.1 Å². The summed E-state index contributed by atoms with van der Waals surface area (Å²) in [5.74, 6) is 2.82. The van der Waals surface area contributed by atoms with Crippen LogP contribution in [0.1, 0.15) is 42.2 Å². The highest BCUT2D eigenvalue weighted by atomic mass is 16.5. The number of hydrogen-bond acceptors (Lipinski definition) is 7. The lowest BCUT2D eigenvalue weighted by Gasteiger charge is -2.25. The molecule has 7 heteroatoms. The van der Waals surface area contributed by atoms with E-state index in [0.29, 0.717) is 6.61 Å². The number of aromatic nitrogens is 3. The molecule has 0 aliphatic carbocycles. The van der Waals surface area contributed by atoms with Gasteiger partial charge in [0.2, 0.25) is 0 Å². The van der Waals surface area contributed by atoms with Crippen LogP contribution in [0.25, 0.3) is 11.1 Å². The van der Waals surface area contributed by atoms with E-state index in [9.17, 15) is 0 Å². The highest BCUT2D eigenvalue weighted by Crippen LogP contribution is 2.34. The maximum atomic E-state index is 6.15. The van der Waals surface area contributed by atoms with Gasteiger partial charge in [0.25, 0.3) is 0 Å². The van der Waals surface area contributed by atoms with E-state index >= 15 is 0 Å². The highest BCUT2D eigenvalue weighted by molar-refractivity contribution is 5.92. The minimum atomic E-state index is 0.621. The molecule has 176 valence electrons. The molecule has 2 aliphatic heterocycles. The van der Waals surface area contributed by atoms with E-state index in [2.05, 4.69) is 64.8 Å². The van der Waals surface area contributed by atoms with Crippen LogP contribution in [0.4, 0.5) is 11.5 Å². The molecule has 0 saturated carbocycles. The van der Waals surface area contributed by atoms with Gasteiger partial charge in [-0.3, -0.25) is 9.98 Å². The maximum Gasteiger partial charge on any atom is 0.144 e. The third-order valence-electron chi connectivity index (χ3n) is 6.40. The largest absolute Gasteiger partial charge is 0.491 e. The predicted molar refractivity (Wildman–Crippen MR) is 136 cm³/mol. The standard InChI is InChI=1S/C27H32N6O/c1-6-22-18(3)30-26(16-32(4)5)31-27(22)33-9-10-34-25-8-7-19(12-21(25)15-33)20-13-24-23(28-14-20)11-17(2)29-24/h7-8,12-14H,6,9-11,15-16H2,1-5H3. The van der Waals surface area contributed by atoms with Crippen LogP contribution in [0.5, 0.6) is 5.75 Å². The second-order valence-corrected chi connectivity index (χ2v) is 9.42. The van der Waals surface area contributed by atoms with E-state index in [0.717, 1.165) is 89.3 Å². The average Bonchev–Trinajstić information content (AvgIpc) is 3.04. The molecule has 34 heavy (non-hydrogen) atoms. The summed E-state index contributed by atoms with van der Waals surface area (Å²) < 4.78 is 6.15. The van der Waals surface area contributed by atoms with Crippen molar-refractivity contribution in [2.24, 2.45) is 4.99 Å². The first-order valence-corrected chi connectivity index (χ1v) is 12.0. The summed E-state index contributed by atoms with van der Waals surface area (Å²) >= 11 is 0. The maximum absolute atomic E-state index is 6.15. The molecule has 0 N–H and O–H groups in total. The number of pyridine rings is 1. The van der Waals surface area contributed by atoms with E-state index in [1.165, 1.54) is 5.56 Å². The van der Waals surface area contributed by atoms with Gasteiger partial charge in [0.15, 0.2) is 0 Å². The lowest BCUT2D eigenvalue weighted by atomic mass is 10.0. The molecular weight excluding hydrogens is 424 g/mol. The quantitative estimate of drug-likeness (QED) is 0.562. The summed E-state index contributed by atoms with van der Waals surface area (Å²) in [6.07, 6.45) is 3.70. The van der Waals surface area contributed by atoms with Crippen LogP contribution in [0.15, 0.2) is 35.5 Å². The van der Waals surface area contributed by atoms with Crippen molar-refractivity contribution in [3.05, 3.63) is 58.8 Å². The van der Waals surface area contributed by atoms with Crippen molar-refractivity contribution in [1.29, 1.82) is 0 Å². The summed E-state index contributed by atoms with van der Waals surface area (Å²) in [6.45, 7) is 9.18. The number of aryl methyl sites for hydroxylation is 1. The number of fused-ring (bicyclic) bond motifs is 2. The molecule has 7 nitrogen and oxygen atoms in total. The zero-order valence-electron chi connectivity index (χ0n) is 20.7. The predicted octanol–water partition coefficient (Wildman–Crippen LogP) is 4.52. The van der Waals surface area contributed by atoms with Gasteiger partial charge in [0, 0.05) is 47.3 Å². The van der Waals surface area contributed by atoms with Gasteiger partial charge in [0.05, 0.1) is 24.5 Å². The third-order valence-corrected chi connectivity index (χ3v) is 6.40. The van der Waals surface area contributed by atoms with Crippen molar-refractivity contribution < 1.29 is 4.74 Å². The van der Waals surface area contributed by atoms with E-state index in [1.807, 2.05) is 20.3 Å². The number of anilines is 1. The van der Waals surface area contributed by atoms with Crippen molar-refractivity contribution in [1.82, 2.24) is 19.9 Å². The van der Waals surface area contributed by atoms with Crippen molar-refractivity contribution in [2.45, 2.75) is 46.7 Å². The minimum absolute atomic E-state index is 0.621. The molecule has 0 atom stereocenters. The Morgan fingerprint density at radius 1 is 1.09 bits per heavy atom. The van der Waals surface area contributed by atoms with Crippen molar-refractivity contribution >= 4 is 17.2 Å². The first-order valence-electron chi connectivity index (χ1n) is 12.0. The van der Waals surface area contributed by atoms with Gasteiger partial charge in [-0.1, -0.05) is 13.0 Å². The topological polar surface area (TPSA) is 66.7 Å². The fourth-order valence-corrected chi connectivity index (χ4v) is 4.78. The highest BCUT2D eigenvalue weighted by Gasteiger charge is 2.22. The zero-order valence-corrected chi connectivity index (χ0v) is 20.7. The van der Waals surface area contributed by atoms with Gasteiger partial charge in [0.1, 0.15) is 24.0 Å². The van der Waals surface area contributed by atoms with Crippen LogP contribution in [0.2, 0.25) is 0 Å². The number of ether oxygens (including phenoxy) is 1. The average molecular weight is 457 g/mol. The summed E-state index contributed by atoms with van der Waals surface area (Å²) in [6, 6.07) is 8.57. The summed E-state index contributed by atoms with van der Waals surface area (Å²) in [5, 5.41) is 0. The van der Waals surface area contributed by atoms with Gasteiger partial charge >= 0.3 is 0 Å². The van der Waals surface area contributed by atoms with Gasteiger partial charge in [-0.2, -0.15) is 0 Å². The van der Waals surface area contributed by atoms with Crippen LogP contribution in [0, 0.1) is 6.92 Å². The summed E-state index contributed by atoms with van der Waals surface area (Å²) in [5.41, 5.74) is 8.79. The Hall–Kier alpha value is -3.32. The second kappa shape index (κ2) is 9.14. The molecule has 2 aliphatic rings. The summed E-state index contributed by atoms with van der Waals surface area (Å²) in [4.78, 5) is 23.5. The molecular formula is C27H32N6O. The molecule has 0 unspecified atom stereocenters. The van der Waals surface area contributed by atoms with Crippen LogP contribution in [0.3, 0.4) is 0 Å². The SMILES string of the molecule is CCc1c(C)nc(CN(C)C)nc1N1CCOc2ccc(-c3cnc4c(c3)N=C(C)C4)cc2C1. The Kier molecular flexibility index (Phi) is 6.04. The van der Waals surface area contributed by atoms with E-state index in [4.69, 9.17) is 14.7 Å². The Morgan fingerprint density at radius 2 is 1.94 bits per heavy atom. The van der Waals surface area contributed by atoms with Gasteiger partial charge in [-0.25, -0.2) is 9.97 Å². The third kappa shape index (κ3) is 4.40. The Balaban J connectivity index is 1.50. The van der Waals surface area contributed by atoms with Crippen LogP contribution < -0.4 is 9.64 Å². The normalized spacial score (nSPS) is 15.0. The Labute approximate surface area is 201 Å². The Bertz CT molecular complexity index is 1270. The minimum Gasteiger partial charge on any atom is -0.491 e. The molecule has 0 fully saturated rings. The molecule has 0 amide bonds. The molecule has 1 aromatic carbocycles. The fraction of sp³-hybridized carbons (Fsp3) is 0.407. The van der Waals surface area contributed by atoms with Gasteiger partial charge < -0.3 is 14.5 Å². The fourth-order valence-electron chi connectivity index (χ4n) is 4.78.